The van der Waals surface area contributed by atoms with Gasteiger partial charge in [0.2, 0.25) is 0 Å². The van der Waals surface area contributed by atoms with Crippen molar-refractivity contribution in [1.82, 2.24) is 0 Å². The summed E-state index contributed by atoms with van der Waals surface area (Å²) < 4.78 is 5.15. The topological polar surface area (TPSA) is 46.5 Å². The molecule has 2 rings (SSSR count). The van der Waals surface area contributed by atoms with Crippen LogP contribution in [0.25, 0.3) is 0 Å². The molecule has 0 radical (unpaired) electrons. The summed E-state index contributed by atoms with van der Waals surface area (Å²) in [6.07, 6.45) is 2.16. The van der Waals surface area contributed by atoms with Gasteiger partial charge in [-0.15, -0.1) is 0 Å². The molecule has 0 heterocycles. The number of rotatable bonds is 1. The van der Waals surface area contributed by atoms with Crippen molar-refractivity contribution in [2.24, 2.45) is 0 Å². The zero-order valence-corrected chi connectivity index (χ0v) is 8.04. The predicted molar refractivity (Wildman–Crippen MR) is 51.9 cm³/mol. The van der Waals surface area contributed by atoms with Gasteiger partial charge in [-0.1, -0.05) is 0 Å². The van der Waals surface area contributed by atoms with Crippen LogP contribution in [0.3, 0.4) is 0 Å². The molecule has 1 aromatic rings. The zero-order valence-electron chi connectivity index (χ0n) is 8.04. The smallest absolute Gasteiger partial charge is 0.167 e. The van der Waals surface area contributed by atoms with Crippen LogP contribution in [0.4, 0.5) is 0 Å². The lowest BCUT2D eigenvalue weighted by Crippen LogP contribution is -2.12. The molecule has 0 unspecified atom stereocenters. The first-order chi connectivity index (χ1) is 6.74. The number of aromatic hydroxyl groups is 1. The van der Waals surface area contributed by atoms with Crippen LogP contribution in [-0.4, -0.2) is 18.0 Å². The molecular weight excluding hydrogens is 180 g/mol. The highest BCUT2D eigenvalue weighted by molar-refractivity contribution is 6.01. The van der Waals surface area contributed by atoms with Gasteiger partial charge in [-0.25, -0.2) is 0 Å². The molecule has 0 fully saturated rings. The van der Waals surface area contributed by atoms with E-state index in [0.29, 0.717) is 17.7 Å². The Kier molecular flexibility index (Phi) is 2.15. The summed E-state index contributed by atoms with van der Waals surface area (Å²) in [5.74, 6) is 0.791. The Bertz CT molecular complexity index is 382. The first-order valence-corrected chi connectivity index (χ1v) is 4.66. The lowest BCUT2D eigenvalue weighted by atomic mass is 9.89. The summed E-state index contributed by atoms with van der Waals surface area (Å²) >= 11 is 0. The second-order valence-corrected chi connectivity index (χ2v) is 3.42. The van der Waals surface area contributed by atoms with Crippen LogP contribution >= 0.6 is 0 Å². The molecule has 0 aliphatic heterocycles. The minimum Gasteiger partial charge on any atom is -0.507 e. The number of carbonyl (C=O) groups is 1. The maximum Gasteiger partial charge on any atom is 0.167 e. The van der Waals surface area contributed by atoms with Gasteiger partial charge in [0.25, 0.3) is 0 Å². The zero-order chi connectivity index (χ0) is 10.1. The second-order valence-electron chi connectivity index (χ2n) is 3.42. The summed E-state index contributed by atoms with van der Waals surface area (Å²) in [5, 5.41) is 9.57. The Morgan fingerprint density at radius 3 is 2.86 bits per heavy atom. The quantitative estimate of drug-likeness (QED) is 0.739. The Morgan fingerprint density at radius 2 is 2.14 bits per heavy atom. The molecule has 0 atom stereocenters. The molecule has 74 valence electrons. The van der Waals surface area contributed by atoms with E-state index in [0.717, 1.165) is 18.4 Å². The molecule has 0 saturated carbocycles. The largest absolute Gasteiger partial charge is 0.507 e. The Morgan fingerprint density at radius 1 is 1.36 bits per heavy atom. The van der Waals surface area contributed by atoms with Crippen molar-refractivity contribution in [3.8, 4) is 11.5 Å². The molecule has 0 saturated heterocycles. The molecule has 0 aromatic heterocycles. The van der Waals surface area contributed by atoms with Crippen LogP contribution in [0.1, 0.15) is 28.8 Å². The van der Waals surface area contributed by atoms with Crippen LogP contribution in [0.5, 0.6) is 11.5 Å². The fraction of sp³-hybridized carbons (Fsp3) is 0.364. The number of benzene rings is 1. The summed E-state index contributed by atoms with van der Waals surface area (Å²) in [4.78, 5) is 11.6. The van der Waals surface area contributed by atoms with Crippen molar-refractivity contribution >= 4 is 5.78 Å². The second kappa shape index (κ2) is 3.33. The summed E-state index contributed by atoms with van der Waals surface area (Å²) in [5.41, 5.74) is 1.30. The Balaban J connectivity index is 2.63. The fourth-order valence-electron chi connectivity index (χ4n) is 1.92. The van der Waals surface area contributed by atoms with E-state index in [1.54, 1.807) is 13.2 Å². The maximum absolute atomic E-state index is 11.6. The van der Waals surface area contributed by atoms with Gasteiger partial charge in [0, 0.05) is 12.0 Å². The molecule has 0 bridgehead atoms. The number of phenols is 1. The minimum atomic E-state index is 0.0163. The van der Waals surface area contributed by atoms with E-state index in [1.165, 1.54) is 6.07 Å². The third-order valence-corrected chi connectivity index (χ3v) is 2.58. The Labute approximate surface area is 82.3 Å². The number of fused-ring (bicyclic) bond motifs is 1. The van der Waals surface area contributed by atoms with Gasteiger partial charge >= 0.3 is 0 Å². The summed E-state index contributed by atoms with van der Waals surface area (Å²) in [6, 6.07) is 3.22. The molecule has 14 heavy (non-hydrogen) atoms. The van der Waals surface area contributed by atoms with E-state index in [-0.39, 0.29) is 11.5 Å². The molecule has 0 amide bonds. The molecule has 1 N–H and O–H groups in total. The van der Waals surface area contributed by atoms with Crippen LogP contribution in [0.15, 0.2) is 12.1 Å². The van der Waals surface area contributed by atoms with E-state index in [1.807, 2.05) is 0 Å². The highest BCUT2D eigenvalue weighted by Crippen LogP contribution is 2.35. The number of hydrogen-bond donors (Lipinski definition) is 1. The van der Waals surface area contributed by atoms with Crippen molar-refractivity contribution in [3.05, 3.63) is 23.3 Å². The van der Waals surface area contributed by atoms with Gasteiger partial charge in [-0.3, -0.25) is 4.79 Å². The molecule has 1 aromatic carbocycles. The number of ketones is 1. The fourth-order valence-corrected chi connectivity index (χ4v) is 1.92. The average molecular weight is 192 g/mol. The number of phenolic OH excluding ortho intramolecular Hbond substituents is 1. The van der Waals surface area contributed by atoms with Crippen LogP contribution < -0.4 is 4.74 Å². The van der Waals surface area contributed by atoms with Crippen molar-refractivity contribution < 1.29 is 14.6 Å². The molecule has 1 aliphatic rings. The normalized spacial score (nSPS) is 15.1. The molecule has 3 nitrogen and oxygen atoms in total. The maximum atomic E-state index is 11.6. The van der Waals surface area contributed by atoms with Crippen molar-refractivity contribution in [2.45, 2.75) is 19.3 Å². The van der Waals surface area contributed by atoms with E-state index in [9.17, 15) is 9.90 Å². The summed E-state index contributed by atoms with van der Waals surface area (Å²) in [6.45, 7) is 0. The number of Topliss-reactive ketones (excluding diaryl/α,β-unsaturated/α-hetero) is 1. The molecule has 3 heteroatoms. The predicted octanol–water partition coefficient (Wildman–Crippen LogP) is 1.92. The van der Waals surface area contributed by atoms with Crippen LogP contribution in [-0.2, 0) is 6.42 Å². The summed E-state index contributed by atoms with van der Waals surface area (Å²) in [7, 11) is 1.58. The van der Waals surface area contributed by atoms with Gasteiger partial charge in [0.1, 0.15) is 11.5 Å². The first kappa shape index (κ1) is 9.06. The van der Waals surface area contributed by atoms with Gasteiger partial charge in [0.15, 0.2) is 5.78 Å². The van der Waals surface area contributed by atoms with Gasteiger partial charge in [0.05, 0.1) is 12.7 Å². The first-order valence-electron chi connectivity index (χ1n) is 4.66. The van der Waals surface area contributed by atoms with E-state index in [4.69, 9.17) is 4.74 Å². The third kappa shape index (κ3) is 1.25. The SMILES string of the molecule is COc1ccc(O)c2c1CCCC2=O. The van der Waals surface area contributed by atoms with Crippen molar-refractivity contribution in [3.63, 3.8) is 0 Å². The Hall–Kier alpha value is -1.51. The lowest BCUT2D eigenvalue weighted by Gasteiger charge is -2.18. The minimum absolute atomic E-state index is 0.0163. The van der Waals surface area contributed by atoms with Crippen LogP contribution in [0.2, 0.25) is 0 Å². The van der Waals surface area contributed by atoms with Crippen molar-refractivity contribution in [2.75, 3.05) is 7.11 Å². The third-order valence-electron chi connectivity index (χ3n) is 2.58. The van der Waals surface area contributed by atoms with Gasteiger partial charge in [-0.05, 0) is 25.0 Å². The van der Waals surface area contributed by atoms with Gasteiger partial charge in [-0.2, -0.15) is 0 Å². The number of ether oxygens (including phenoxy) is 1. The number of carbonyl (C=O) groups excluding carboxylic acids is 1. The molecule has 1 aliphatic carbocycles. The number of methoxy groups -OCH3 is 1. The molecule has 0 spiro atoms. The van der Waals surface area contributed by atoms with E-state index < -0.39 is 0 Å². The molecular formula is C11H12O3. The highest BCUT2D eigenvalue weighted by atomic mass is 16.5. The van der Waals surface area contributed by atoms with Crippen LogP contribution in [0, 0.1) is 0 Å². The van der Waals surface area contributed by atoms with E-state index >= 15 is 0 Å². The monoisotopic (exact) mass is 192 g/mol. The standard InChI is InChI=1S/C11H12O3/c1-14-10-6-5-9(13)11-7(10)3-2-4-8(11)12/h5-6,13H,2-4H2,1H3. The van der Waals surface area contributed by atoms with Gasteiger partial charge < -0.3 is 9.84 Å². The highest BCUT2D eigenvalue weighted by Gasteiger charge is 2.23. The lowest BCUT2D eigenvalue weighted by molar-refractivity contribution is 0.0969. The van der Waals surface area contributed by atoms with E-state index in [2.05, 4.69) is 0 Å². The number of hydrogen-bond acceptors (Lipinski definition) is 3. The van der Waals surface area contributed by atoms with Crippen molar-refractivity contribution in [1.29, 1.82) is 0 Å². The average Bonchev–Trinajstić information content (AvgIpc) is 2.18.